The van der Waals surface area contributed by atoms with Crippen molar-refractivity contribution in [3.8, 4) is 5.69 Å². The molecular weight excluding hydrogens is 357 g/mol. The first kappa shape index (κ1) is 18.5. The van der Waals surface area contributed by atoms with Crippen LogP contribution in [0, 0.1) is 0 Å². The van der Waals surface area contributed by atoms with Crippen LogP contribution in [0.1, 0.15) is 15.9 Å². The number of rotatable bonds is 4. The Labute approximate surface area is 154 Å². The van der Waals surface area contributed by atoms with Crippen LogP contribution >= 0.6 is 0 Å². The van der Waals surface area contributed by atoms with E-state index in [0.29, 0.717) is 11.3 Å². The molecular formula is C19H17F3N4O. The second kappa shape index (κ2) is 7.14. The van der Waals surface area contributed by atoms with Gasteiger partial charge in [-0.1, -0.05) is 6.07 Å². The van der Waals surface area contributed by atoms with E-state index in [0.717, 1.165) is 17.8 Å². The number of hydrogen-bond acceptors (Lipinski definition) is 3. The van der Waals surface area contributed by atoms with E-state index in [1.807, 2.05) is 25.1 Å². The zero-order valence-electron chi connectivity index (χ0n) is 14.7. The highest BCUT2D eigenvalue weighted by molar-refractivity contribution is 6.05. The molecule has 0 spiro atoms. The summed E-state index contributed by atoms with van der Waals surface area (Å²) in [5, 5.41) is 2.59. The maximum Gasteiger partial charge on any atom is 0.416 e. The molecule has 27 heavy (non-hydrogen) atoms. The molecule has 0 aliphatic carbocycles. The number of carbonyl (C=O) groups is 1. The van der Waals surface area contributed by atoms with E-state index in [9.17, 15) is 18.0 Å². The minimum Gasteiger partial charge on any atom is -0.378 e. The van der Waals surface area contributed by atoms with E-state index < -0.39 is 17.6 Å². The lowest BCUT2D eigenvalue weighted by Gasteiger charge is -2.16. The van der Waals surface area contributed by atoms with Gasteiger partial charge in [0.05, 0.1) is 23.3 Å². The number of amides is 1. The van der Waals surface area contributed by atoms with Crippen LogP contribution in [0.3, 0.4) is 0 Å². The van der Waals surface area contributed by atoms with Crippen molar-refractivity contribution < 1.29 is 18.0 Å². The van der Waals surface area contributed by atoms with Crippen LogP contribution in [0.4, 0.5) is 24.5 Å². The standard InChI is InChI=1S/C19H17F3N4O/c1-25(2)15-5-3-4-13(10-15)18(27)24-16-11-14(19(20,21)22)6-7-17(16)26-9-8-23-12-26/h3-12H,1-2H3,(H,24,27). The third-order valence-corrected chi connectivity index (χ3v) is 3.98. The molecule has 0 aliphatic rings. The van der Waals surface area contributed by atoms with Crippen molar-refractivity contribution in [2.45, 2.75) is 6.18 Å². The molecule has 1 N–H and O–H groups in total. The van der Waals surface area contributed by atoms with Crippen LogP contribution in [0.5, 0.6) is 0 Å². The molecule has 5 nitrogen and oxygen atoms in total. The van der Waals surface area contributed by atoms with Gasteiger partial charge in [-0.25, -0.2) is 4.98 Å². The lowest BCUT2D eigenvalue weighted by Crippen LogP contribution is -2.16. The fourth-order valence-corrected chi connectivity index (χ4v) is 2.56. The van der Waals surface area contributed by atoms with Crippen molar-refractivity contribution in [2.24, 2.45) is 0 Å². The topological polar surface area (TPSA) is 50.2 Å². The number of anilines is 2. The summed E-state index contributed by atoms with van der Waals surface area (Å²) in [5.74, 6) is -0.501. The van der Waals surface area contributed by atoms with Gasteiger partial charge in [-0.15, -0.1) is 0 Å². The number of benzene rings is 2. The quantitative estimate of drug-likeness (QED) is 0.744. The number of hydrogen-bond donors (Lipinski definition) is 1. The number of alkyl halides is 3. The first-order chi connectivity index (χ1) is 12.8. The molecule has 0 saturated heterocycles. The molecule has 1 amide bonds. The van der Waals surface area contributed by atoms with E-state index in [2.05, 4.69) is 10.3 Å². The average Bonchev–Trinajstić information content (AvgIpc) is 3.15. The number of halogens is 3. The molecule has 0 fully saturated rings. The first-order valence-corrected chi connectivity index (χ1v) is 8.04. The predicted octanol–water partition coefficient (Wildman–Crippen LogP) is 4.21. The van der Waals surface area contributed by atoms with Crippen LogP contribution < -0.4 is 10.2 Å². The molecule has 2 aromatic carbocycles. The summed E-state index contributed by atoms with van der Waals surface area (Å²) < 4.78 is 40.9. The van der Waals surface area contributed by atoms with E-state index in [4.69, 9.17) is 0 Å². The van der Waals surface area contributed by atoms with Crippen molar-refractivity contribution >= 4 is 17.3 Å². The minimum atomic E-state index is -4.52. The molecule has 1 aromatic heterocycles. The number of imidazole rings is 1. The van der Waals surface area contributed by atoms with E-state index in [-0.39, 0.29) is 5.69 Å². The summed E-state index contributed by atoms with van der Waals surface area (Å²) in [6, 6.07) is 10.0. The van der Waals surface area contributed by atoms with Gasteiger partial charge >= 0.3 is 6.18 Å². The Morgan fingerprint density at radius 3 is 2.56 bits per heavy atom. The van der Waals surface area contributed by atoms with Crippen molar-refractivity contribution in [3.05, 3.63) is 72.3 Å². The zero-order chi connectivity index (χ0) is 19.6. The summed E-state index contributed by atoms with van der Waals surface area (Å²) in [6.45, 7) is 0. The Hall–Kier alpha value is -3.29. The van der Waals surface area contributed by atoms with Gasteiger partial charge in [0.15, 0.2) is 0 Å². The third-order valence-electron chi connectivity index (χ3n) is 3.98. The van der Waals surface area contributed by atoms with E-state index in [1.165, 1.54) is 23.2 Å². The van der Waals surface area contributed by atoms with Gasteiger partial charge < -0.3 is 14.8 Å². The fraction of sp³-hybridized carbons (Fsp3) is 0.158. The third kappa shape index (κ3) is 4.11. The molecule has 0 unspecified atom stereocenters. The van der Waals surface area contributed by atoms with Gasteiger partial charge in [-0.05, 0) is 36.4 Å². The average molecular weight is 374 g/mol. The predicted molar refractivity (Wildman–Crippen MR) is 97.3 cm³/mol. The minimum absolute atomic E-state index is 0.0445. The van der Waals surface area contributed by atoms with Gasteiger partial charge in [0.2, 0.25) is 0 Å². The summed E-state index contributed by atoms with van der Waals surface area (Å²) in [6.07, 6.45) is 0.0252. The summed E-state index contributed by atoms with van der Waals surface area (Å²) in [5.41, 5.74) is 0.737. The lowest BCUT2D eigenvalue weighted by atomic mass is 10.1. The van der Waals surface area contributed by atoms with Crippen LogP contribution in [0.25, 0.3) is 5.69 Å². The van der Waals surface area contributed by atoms with Crippen molar-refractivity contribution in [2.75, 3.05) is 24.3 Å². The van der Waals surface area contributed by atoms with E-state index >= 15 is 0 Å². The number of carbonyl (C=O) groups excluding carboxylic acids is 1. The molecule has 3 rings (SSSR count). The Kier molecular flexibility index (Phi) is 4.89. The van der Waals surface area contributed by atoms with Crippen LogP contribution in [-0.4, -0.2) is 29.6 Å². The second-order valence-corrected chi connectivity index (χ2v) is 6.10. The van der Waals surface area contributed by atoms with Gasteiger partial charge in [0, 0.05) is 37.7 Å². The Morgan fingerprint density at radius 2 is 1.93 bits per heavy atom. The van der Waals surface area contributed by atoms with Crippen LogP contribution in [0.15, 0.2) is 61.2 Å². The number of aromatic nitrogens is 2. The Morgan fingerprint density at radius 1 is 1.15 bits per heavy atom. The SMILES string of the molecule is CN(C)c1cccc(C(=O)Nc2cc(C(F)(F)F)ccc2-n2ccnc2)c1. The highest BCUT2D eigenvalue weighted by atomic mass is 19.4. The summed E-state index contributed by atoms with van der Waals surface area (Å²) >= 11 is 0. The smallest absolute Gasteiger partial charge is 0.378 e. The van der Waals surface area contributed by atoms with Crippen molar-refractivity contribution in [1.29, 1.82) is 0 Å². The summed E-state index contributed by atoms with van der Waals surface area (Å²) in [4.78, 5) is 18.4. The van der Waals surface area contributed by atoms with E-state index in [1.54, 1.807) is 24.4 Å². The largest absolute Gasteiger partial charge is 0.416 e. The van der Waals surface area contributed by atoms with Crippen molar-refractivity contribution in [3.63, 3.8) is 0 Å². The lowest BCUT2D eigenvalue weighted by molar-refractivity contribution is -0.137. The van der Waals surface area contributed by atoms with Crippen LogP contribution in [-0.2, 0) is 6.18 Å². The molecule has 1 heterocycles. The second-order valence-electron chi connectivity index (χ2n) is 6.10. The molecule has 0 radical (unpaired) electrons. The molecule has 0 saturated carbocycles. The molecule has 3 aromatic rings. The first-order valence-electron chi connectivity index (χ1n) is 8.04. The number of nitrogens with zero attached hydrogens (tertiary/aromatic N) is 3. The fourth-order valence-electron chi connectivity index (χ4n) is 2.56. The van der Waals surface area contributed by atoms with Gasteiger partial charge in [0.25, 0.3) is 5.91 Å². The maximum absolute atomic E-state index is 13.1. The normalized spacial score (nSPS) is 11.3. The molecule has 0 bridgehead atoms. The Balaban J connectivity index is 1.99. The monoisotopic (exact) mass is 374 g/mol. The van der Waals surface area contributed by atoms with Gasteiger partial charge in [-0.2, -0.15) is 13.2 Å². The highest BCUT2D eigenvalue weighted by Gasteiger charge is 2.31. The molecule has 0 aliphatic heterocycles. The van der Waals surface area contributed by atoms with Crippen LogP contribution in [0.2, 0.25) is 0 Å². The highest BCUT2D eigenvalue weighted by Crippen LogP contribution is 2.33. The van der Waals surface area contributed by atoms with Gasteiger partial charge in [-0.3, -0.25) is 4.79 Å². The maximum atomic E-state index is 13.1. The molecule has 0 atom stereocenters. The zero-order valence-corrected chi connectivity index (χ0v) is 14.7. The number of nitrogens with one attached hydrogen (secondary N) is 1. The Bertz CT molecular complexity index is 950. The molecule has 8 heteroatoms. The van der Waals surface area contributed by atoms with Crippen molar-refractivity contribution in [1.82, 2.24) is 9.55 Å². The summed E-state index contributed by atoms with van der Waals surface area (Å²) in [7, 11) is 3.67. The molecule has 140 valence electrons. The van der Waals surface area contributed by atoms with Gasteiger partial charge in [0.1, 0.15) is 0 Å².